The largest absolute Gasteiger partial charge is 0.459 e. The summed E-state index contributed by atoms with van der Waals surface area (Å²) < 4.78 is 47.7. The predicted octanol–water partition coefficient (Wildman–Crippen LogP) is 6.14. The van der Waals surface area contributed by atoms with Crippen molar-refractivity contribution in [3.63, 3.8) is 0 Å². The van der Waals surface area contributed by atoms with Gasteiger partial charge in [-0.15, -0.1) is 0 Å². The molecule has 1 aromatic carbocycles. The summed E-state index contributed by atoms with van der Waals surface area (Å²) in [4.78, 5) is 20.1. The SMILES string of the molecule is CC(C)OC(=O)c1ccc(NC23CC4CC(CC(C4)C2)C3)c(N[C@H](c2cncnc2)C(F)(F)F)c1. The van der Waals surface area contributed by atoms with Crippen LogP contribution in [0.3, 0.4) is 0 Å². The van der Waals surface area contributed by atoms with Crippen molar-refractivity contribution in [2.45, 2.75) is 76.2 Å². The van der Waals surface area contributed by atoms with Crippen LogP contribution >= 0.6 is 0 Å². The number of nitrogens with one attached hydrogen (secondary N) is 2. The fourth-order valence-corrected chi connectivity index (χ4v) is 6.70. The van der Waals surface area contributed by atoms with Crippen LogP contribution in [0.5, 0.6) is 0 Å². The third-order valence-electron chi connectivity index (χ3n) is 7.58. The molecule has 0 aliphatic heterocycles. The van der Waals surface area contributed by atoms with Gasteiger partial charge in [-0.2, -0.15) is 13.2 Å². The molecular formula is C26H31F3N4O2. The molecule has 0 radical (unpaired) electrons. The summed E-state index contributed by atoms with van der Waals surface area (Å²) in [5.41, 5.74) is 0.761. The molecule has 188 valence electrons. The Bertz CT molecular complexity index is 1040. The molecule has 6 nitrogen and oxygen atoms in total. The Kier molecular flexibility index (Phi) is 6.13. The van der Waals surface area contributed by atoms with Crippen molar-refractivity contribution in [2.75, 3.05) is 10.6 Å². The standard InChI is InChI=1S/C26H31F3N4O2/c1-15(2)35-24(34)19-3-4-21(33-25-9-16-5-17(10-25)7-18(6-16)11-25)22(8-19)32-23(26(27,28)29)20-12-30-14-31-13-20/h3-4,8,12-18,23,32-33H,5-7,9-11H2,1-2H3/t16?,17?,18?,23-,25?/m1/s1. The van der Waals surface area contributed by atoms with Gasteiger partial charge in [-0.05, 0) is 88.3 Å². The lowest BCUT2D eigenvalue weighted by Crippen LogP contribution is -2.54. The van der Waals surface area contributed by atoms with E-state index in [2.05, 4.69) is 20.6 Å². The van der Waals surface area contributed by atoms with E-state index in [1.807, 2.05) is 0 Å². The molecule has 6 rings (SSSR count). The number of aromatic nitrogens is 2. The molecule has 35 heavy (non-hydrogen) atoms. The van der Waals surface area contributed by atoms with Crippen LogP contribution in [0.4, 0.5) is 24.5 Å². The number of anilines is 2. The number of carbonyl (C=O) groups excluding carboxylic acids is 1. The van der Waals surface area contributed by atoms with Crippen molar-refractivity contribution in [3.05, 3.63) is 48.0 Å². The van der Waals surface area contributed by atoms with Crippen LogP contribution in [0.2, 0.25) is 0 Å². The number of hydrogen-bond acceptors (Lipinski definition) is 6. The van der Waals surface area contributed by atoms with Gasteiger partial charge in [0.15, 0.2) is 6.04 Å². The van der Waals surface area contributed by atoms with Crippen LogP contribution in [0.25, 0.3) is 0 Å². The van der Waals surface area contributed by atoms with E-state index in [1.165, 1.54) is 31.7 Å². The molecule has 4 saturated carbocycles. The first-order valence-corrected chi connectivity index (χ1v) is 12.3. The molecule has 1 heterocycles. The highest BCUT2D eigenvalue weighted by Gasteiger charge is 2.51. The number of ether oxygens (including phenoxy) is 1. The van der Waals surface area contributed by atoms with Gasteiger partial charge in [0.2, 0.25) is 0 Å². The Morgan fingerprint density at radius 1 is 1.03 bits per heavy atom. The third kappa shape index (κ3) is 5.09. The normalized spacial score (nSPS) is 28.1. The molecule has 4 aliphatic rings. The molecule has 0 saturated heterocycles. The Labute approximate surface area is 203 Å². The van der Waals surface area contributed by atoms with E-state index in [4.69, 9.17) is 4.74 Å². The molecule has 2 aromatic rings. The number of alkyl halides is 3. The number of carbonyl (C=O) groups is 1. The van der Waals surface area contributed by atoms with Crippen molar-refractivity contribution in [3.8, 4) is 0 Å². The van der Waals surface area contributed by atoms with Gasteiger partial charge in [0.1, 0.15) is 6.33 Å². The van der Waals surface area contributed by atoms with E-state index in [0.717, 1.165) is 31.7 Å². The van der Waals surface area contributed by atoms with Gasteiger partial charge in [0, 0.05) is 23.5 Å². The Morgan fingerprint density at radius 3 is 2.17 bits per heavy atom. The average molecular weight is 489 g/mol. The topological polar surface area (TPSA) is 76.1 Å². The predicted molar refractivity (Wildman–Crippen MR) is 126 cm³/mol. The minimum Gasteiger partial charge on any atom is -0.459 e. The molecule has 1 aromatic heterocycles. The van der Waals surface area contributed by atoms with Crippen molar-refractivity contribution < 1.29 is 22.7 Å². The van der Waals surface area contributed by atoms with E-state index < -0.39 is 18.2 Å². The maximum Gasteiger partial charge on any atom is 0.412 e. The number of esters is 1. The summed E-state index contributed by atoms with van der Waals surface area (Å²) in [7, 11) is 0. The van der Waals surface area contributed by atoms with Crippen LogP contribution in [-0.2, 0) is 4.74 Å². The van der Waals surface area contributed by atoms with E-state index >= 15 is 0 Å². The zero-order valence-electron chi connectivity index (χ0n) is 19.9. The average Bonchev–Trinajstić information content (AvgIpc) is 2.76. The smallest absolute Gasteiger partial charge is 0.412 e. The summed E-state index contributed by atoms with van der Waals surface area (Å²) >= 11 is 0. The second-order valence-electron chi connectivity index (χ2n) is 10.8. The van der Waals surface area contributed by atoms with Crippen LogP contribution < -0.4 is 10.6 Å². The monoisotopic (exact) mass is 488 g/mol. The van der Waals surface area contributed by atoms with Crippen LogP contribution in [0.1, 0.15) is 74.3 Å². The minimum atomic E-state index is -4.60. The zero-order chi connectivity index (χ0) is 24.8. The lowest BCUT2D eigenvalue weighted by molar-refractivity contribution is -0.144. The van der Waals surface area contributed by atoms with E-state index in [0.29, 0.717) is 23.4 Å². The summed E-state index contributed by atoms with van der Waals surface area (Å²) in [6.45, 7) is 3.46. The fourth-order valence-electron chi connectivity index (χ4n) is 6.70. The molecule has 0 unspecified atom stereocenters. The van der Waals surface area contributed by atoms with E-state index in [1.54, 1.807) is 26.0 Å². The first-order chi connectivity index (χ1) is 16.6. The van der Waals surface area contributed by atoms with Gasteiger partial charge in [0.05, 0.1) is 23.0 Å². The molecule has 0 amide bonds. The molecule has 4 bridgehead atoms. The van der Waals surface area contributed by atoms with Gasteiger partial charge >= 0.3 is 12.1 Å². The highest BCUT2D eigenvalue weighted by molar-refractivity contribution is 5.92. The second kappa shape index (κ2) is 8.99. The Balaban J connectivity index is 1.50. The van der Waals surface area contributed by atoms with Crippen molar-refractivity contribution in [1.82, 2.24) is 9.97 Å². The van der Waals surface area contributed by atoms with Gasteiger partial charge in [-0.25, -0.2) is 14.8 Å². The number of nitrogens with zero attached hydrogens (tertiary/aromatic N) is 2. The lowest BCUT2D eigenvalue weighted by atomic mass is 9.53. The fraction of sp³-hybridized carbons (Fsp3) is 0.577. The molecule has 9 heteroatoms. The summed E-state index contributed by atoms with van der Waals surface area (Å²) in [6, 6.07) is 2.74. The zero-order valence-corrected chi connectivity index (χ0v) is 19.9. The Morgan fingerprint density at radius 2 is 1.63 bits per heavy atom. The number of rotatable bonds is 7. The molecule has 2 N–H and O–H groups in total. The summed E-state index contributed by atoms with van der Waals surface area (Å²) in [5, 5.41) is 6.32. The van der Waals surface area contributed by atoms with Crippen LogP contribution in [0.15, 0.2) is 36.9 Å². The van der Waals surface area contributed by atoms with Gasteiger partial charge in [-0.1, -0.05) is 0 Å². The van der Waals surface area contributed by atoms with Crippen LogP contribution in [0, 0.1) is 17.8 Å². The number of halogens is 3. The molecule has 4 aliphatic carbocycles. The van der Waals surface area contributed by atoms with Crippen LogP contribution in [-0.4, -0.2) is 33.8 Å². The molecule has 4 fully saturated rings. The van der Waals surface area contributed by atoms with Crippen molar-refractivity contribution in [1.29, 1.82) is 0 Å². The van der Waals surface area contributed by atoms with E-state index in [9.17, 15) is 18.0 Å². The van der Waals surface area contributed by atoms with Crippen molar-refractivity contribution >= 4 is 17.3 Å². The first-order valence-electron chi connectivity index (χ1n) is 12.3. The second-order valence-corrected chi connectivity index (χ2v) is 10.8. The highest BCUT2D eigenvalue weighted by atomic mass is 19.4. The maximum atomic E-state index is 14.1. The summed E-state index contributed by atoms with van der Waals surface area (Å²) in [6.07, 6.45) is 5.44. The highest BCUT2D eigenvalue weighted by Crippen LogP contribution is 2.57. The molecular weight excluding hydrogens is 457 g/mol. The quantitative estimate of drug-likeness (QED) is 0.456. The van der Waals surface area contributed by atoms with E-state index in [-0.39, 0.29) is 28.5 Å². The van der Waals surface area contributed by atoms with Crippen molar-refractivity contribution in [2.24, 2.45) is 17.8 Å². The van der Waals surface area contributed by atoms with Gasteiger partial charge in [-0.3, -0.25) is 0 Å². The first kappa shape index (κ1) is 23.9. The third-order valence-corrected chi connectivity index (χ3v) is 7.58. The minimum absolute atomic E-state index is 0.101. The summed E-state index contributed by atoms with van der Waals surface area (Å²) in [5.74, 6) is 1.45. The maximum absolute atomic E-state index is 14.1. The van der Waals surface area contributed by atoms with Gasteiger partial charge in [0.25, 0.3) is 0 Å². The van der Waals surface area contributed by atoms with Gasteiger partial charge < -0.3 is 15.4 Å². The number of benzene rings is 1. The Hall–Kier alpha value is -2.84. The number of hydrogen-bond donors (Lipinski definition) is 2. The lowest BCUT2D eigenvalue weighted by Gasteiger charge is -2.57. The molecule has 0 spiro atoms. The molecule has 1 atom stereocenters.